The maximum absolute atomic E-state index is 11.3. The highest BCUT2D eigenvalue weighted by molar-refractivity contribution is 8.00. The molecule has 0 aromatic carbocycles. The Kier molecular flexibility index (Phi) is 3.47. The fraction of sp³-hybridized carbons (Fsp3) is 0.889. The second kappa shape index (κ2) is 4.22. The van der Waals surface area contributed by atoms with Crippen LogP contribution in [0.5, 0.6) is 0 Å². The molecule has 0 saturated carbocycles. The maximum Gasteiger partial charge on any atom is 0.408 e. The average Bonchev–Trinajstić information content (AvgIpc) is 2.34. The van der Waals surface area contributed by atoms with Gasteiger partial charge in [-0.15, -0.1) is 11.8 Å². The minimum Gasteiger partial charge on any atom is -0.444 e. The summed E-state index contributed by atoms with van der Waals surface area (Å²) in [4.78, 5) is 11.3. The molecule has 1 aliphatic rings. The molecule has 1 atom stereocenters. The van der Waals surface area contributed by atoms with Crippen LogP contribution in [0.25, 0.3) is 0 Å². The molecule has 3 nitrogen and oxygen atoms in total. The highest BCUT2D eigenvalue weighted by Gasteiger charge is 2.21. The summed E-state index contributed by atoms with van der Waals surface area (Å²) in [7, 11) is 0. The van der Waals surface area contributed by atoms with Crippen LogP contribution in [0.15, 0.2) is 0 Å². The molecule has 0 spiro atoms. The van der Waals surface area contributed by atoms with Gasteiger partial charge in [0.15, 0.2) is 0 Å². The van der Waals surface area contributed by atoms with Gasteiger partial charge in [-0.25, -0.2) is 4.79 Å². The molecule has 1 amide bonds. The van der Waals surface area contributed by atoms with Gasteiger partial charge in [0.2, 0.25) is 0 Å². The molecule has 1 fully saturated rings. The van der Waals surface area contributed by atoms with Crippen LogP contribution < -0.4 is 5.32 Å². The van der Waals surface area contributed by atoms with E-state index in [9.17, 15) is 4.79 Å². The molecule has 76 valence electrons. The lowest BCUT2D eigenvalue weighted by Gasteiger charge is -2.21. The predicted octanol–water partition coefficient (Wildman–Crippen LogP) is 2.36. The van der Waals surface area contributed by atoms with Gasteiger partial charge in [-0.2, -0.15) is 0 Å². The first-order valence-corrected chi connectivity index (χ1v) is 5.63. The third kappa shape index (κ3) is 4.41. The van der Waals surface area contributed by atoms with Gasteiger partial charge in [0.05, 0.1) is 5.37 Å². The standard InChI is InChI=1S/C9H17NO2S/c1-9(2,3)12-8(11)10-7-5-4-6-13-7/h7H,4-6H2,1-3H3,(H,10,11)/t7-/m1/s1. The predicted molar refractivity (Wildman–Crippen MR) is 54.8 cm³/mol. The van der Waals surface area contributed by atoms with Crippen LogP contribution in [-0.4, -0.2) is 22.8 Å². The summed E-state index contributed by atoms with van der Waals surface area (Å²) >= 11 is 1.78. The van der Waals surface area contributed by atoms with Crippen LogP contribution in [0.4, 0.5) is 4.79 Å². The molecule has 0 aliphatic carbocycles. The van der Waals surface area contributed by atoms with Crippen LogP contribution >= 0.6 is 11.8 Å². The van der Waals surface area contributed by atoms with Crippen molar-refractivity contribution in [3.63, 3.8) is 0 Å². The van der Waals surface area contributed by atoms with Crippen molar-refractivity contribution < 1.29 is 9.53 Å². The van der Waals surface area contributed by atoms with Gasteiger partial charge < -0.3 is 10.1 Å². The summed E-state index contributed by atoms with van der Waals surface area (Å²) in [5.74, 6) is 1.14. The van der Waals surface area contributed by atoms with Gasteiger partial charge in [0.1, 0.15) is 5.60 Å². The van der Waals surface area contributed by atoms with Gasteiger partial charge in [-0.3, -0.25) is 0 Å². The second-order valence-electron chi connectivity index (χ2n) is 4.15. The first-order valence-electron chi connectivity index (χ1n) is 4.58. The summed E-state index contributed by atoms with van der Waals surface area (Å²) in [5.41, 5.74) is -0.395. The lowest BCUT2D eigenvalue weighted by molar-refractivity contribution is 0.0522. The van der Waals surface area contributed by atoms with E-state index in [1.54, 1.807) is 11.8 Å². The summed E-state index contributed by atoms with van der Waals surface area (Å²) in [6, 6.07) is 0. The number of carbonyl (C=O) groups excluding carboxylic acids is 1. The number of ether oxygens (including phenoxy) is 1. The first kappa shape index (κ1) is 10.7. The Bertz CT molecular complexity index is 183. The van der Waals surface area contributed by atoms with Crippen molar-refractivity contribution in [2.24, 2.45) is 0 Å². The topological polar surface area (TPSA) is 38.3 Å². The van der Waals surface area contributed by atoms with Gasteiger partial charge in [0, 0.05) is 0 Å². The number of hydrogen-bond donors (Lipinski definition) is 1. The molecular weight excluding hydrogens is 186 g/mol. The molecule has 1 heterocycles. The molecule has 1 rings (SSSR count). The molecule has 0 bridgehead atoms. The number of alkyl carbamates (subject to hydrolysis) is 1. The first-order chi connectivity index (χ1) is 5.97. The van der Waals surface area contributed by atoms with Crippen LogP contribution in [0.2, 0.25) is 0 Å². The zero-order valence-electron chi connectivity index (χ0n) is 8.42. The molecular formula is C9H17NO2S. The molecule has 4 heteroatoms. The number of carbonyl (C=O) groups is 1. The molecule has 1 aliphatic heterocycles. The lowest BCUT2D eigenvalue weighted by atomic mass is 10.2. The smallest absolute Gasteiger partial charge is 0.408 e. The van der Waals surface area contributed by atoms with Crippen LogP contribution in [-0.2, 0) is 4.74 Å². The van der Waals surface area contributed by atoms with Crippen molar-refractivity contribution in [2.45, 2.75) is 44.6 Å². The van der Waals surface area contributed by atoms with Crippen molar-refractivity contribution in [3.8, 4) is 0 Å². The number of nitrogens with one attached hydrogen (secondary N) is 1. The Morgan fingerprint density at radius 1 is 1.54 bits per heavy atom. The maximum atomic E-state index is 11.3. The van der Waals surface area contributed by atoms with E-state index in [1.165, 1.54) is 6.42 Å². The summed E-state index contributed by atoms with van der Waals surface area (Å²) in [6.45, 7) is 5.61. The fourth-order valence-corrected chi connectivity index (χ4v) is 2.26. The normalized spacial score (nSPS) is 22.8. The highest BCUT2D eigenvalue weighted by atomic mass is 32.2. The minimum atomic E-state index is -0.395. The van der Waals surface area contributed by atoms with E-state index in [1.807, 2.05) is 20.8 Å². The van der Waals surface area contributed by atoms with E-state index in [-0.39, 0.29) is 11.5 Å². The molecule has 1 N–H and O–H groups in total. The number of rotatable bonds is 1. The van der Waals surface area contributed by atoms with Crippen LogP contribution in [0.1, 0.15) is 33.6 Å². The van der Waals surface area contributed by atoms with Gasteiger partial charge in [0.25, 0.3) is 0 Å². The van der Waals surface area contributed by atoms with Crippen molar-refractivity contribution in [1.29, 1.82) is 0 Å². The summed E-state index contributed by atoms with van der Waals surface area (Å²) in [6.07, 6.45) is 1.95. The van der Waals surface area contributed by atoms with Crippen LogP contribution in [0, 0.1) is 0 Å². The lowest BCUT2D eigenvalue weighted by Crippen LogP contribution is -2.36. The third-order valence-corrected chi connectivity index (χ3v) is 2.89. The number of hydrogen-bond acceptors (Lipinski definition) is 3. The third-order valence-electron chi connectivity index (χ3n) is 1.61. The zero-order valence-corrected chi connectivity index (χ0v) is 9.24. The number of amides is 1. The Balaban J connectivity index is 2.24. The van der Waals surface area contributed by atoms with E-state index in [0.29, 0.717) is 0 Å². The van der Waals surface area contributed by atoms with E-state index >= 15 is 0 Å². The highest BCUT2D eigenvalue weighted by Crippen LogP contribution is 2.24. The van der Waals surface area contributed by atoms with Gasteiger partial charge >= 0.3 is 6.09 Å². The van der Waals surface area contributed by atoms with Gasteiger partial charge in [-0.05, 0) is 39.4 Å². The SMILES string of the molecule is CC(C)(C)OC(=O)N[C@H]1CCCS1. The van der Waals surface area contributed by atoms with Gasteiger partial charge in [-0.1, -0.05) is 0 Å². The van der Waals surface area contributed by atoms with E-state index < -0.39 is 5.60 Å². The van der Waals surface area contributed by atoms with Crippen LogP contribution in [0.3, 0.4) is 0 Å². The molecule has 0 unspecified atom stereocenters. The monoisotopic (exact) mass is 203 g/mol. The minimum absolute atomic E-state index is 0.259. The summed E-state index contributed by atoms with van der Waals surface area (Å²) in [5, 5.41) is 3.10. The summed E-state index contributed by atoms with van der Waals surface area (Å²) < 4.78 is 5.14. The Morgan fingerprint density at radius 3 is 2.69 bits per heavy atom. The van der Waals surface area contributed by atoms with E-state index in [4.69, 9.17) is 4.74 Å². The molecule has 1 saturated heterocycles. The Labute approximate surface area is 83.6 Å². The Hall–Kier alpha value is -0.380. The molecule has 13 heavy (non-hydrogen) atoms. The Morgan fingerprint density at radius 2 is 2.23 bits per heavy atom. The average molecular weight is 203 g/mol. The largest absolute Gasteiger partial charge is 0.444 e. The fourth-order valence-electron chi connectivity index (χ4n) is 1.13. The number of thioether (sulfide) groups is 1. The quantitative estimate of drug-likeness (QED) is 0.711. The zero-order chi connectivity index (χ0) is 9.90. The van der Waals surface area contributed by atoms with E-state index in [0.717, 1.165) is 12.2 Å². The van der Waals surface area contributed by atoms with Crippen molar-refractivity contribution in [1.82, 2.24) is 5.32 Å². The van der Waals surface area contributed by atoms with Crippen molar-refractivity contribution >= 4 is 17.9 Å². The molecule has 0 aromatic rings. The van der Waals surface area contributed by atoms with Crippen molar-refractivity contribution in [3.05, 3.63) is 0 Å². The second-order valence-corrected chi connectivity index (χ2v) is 5.46. The van der Waals surface area contributed by atoms with E-state index in [2.05, 4.69) is 5.32 Å². The molecule has 0 radical (unpaired) electrons. The molecule has 0 aromatic heterocycles. The van der Waals surface area contributed by atoms with Crippen molar-refractivity contribution in [2.75, 3.05) is 5.75 Å².